The highest BCUT2D eigenvalue weighted by Gasteiger charge is 2.23. The summed E-state index contributed by atoms with van der Waals surface area (Å²) < 4.78 is 6.33. The molecule has 1 fully saturated rings. The van der Waals surface area contributed by atoms with Crippen molar-refractivity contribution >= 4 is 22.1 Å². The third-order valence-corrected chi connectivity index (χ3v) is 7.31. The van der Waals surface area contributed by atoms with Gasteiger partial charge in [-0.15, -0.1) is 0 Å². The molecule has 1 saturated carbocycles. The first kappa shape index (κ1) is 20.1. The molecule has 0 aliphatic heterocycles. The topological polar surface area (TPSA) is 51.8 Å². The minimum absolute atomic E-state index is 0.529. The molecule has 4 heterocycles. The molecule has 1 atom stereocenters. The van der Waals surface area contributed by atoms with Crippen molar-refractivity contribution in [3.63, 3.8) is 0 Å². The van der Waals surface area contributed by atoms with Gasteiger partial charge in [-0.3, -0.25) is 9.97 Å². The van der Waals surface area contributed by atoms with Crippen LogP contribution in [0, 0.1) is 5.92 Å². The molecular weight excluding hydrogens is 406 g/mol. The summed E-state index contributed by atoms with van der Waals surface area (Å²) in [6, 6.07) is 16.8. The molecule has 4 aromatic heterocycles. The van der Waals surface area contributed by atoms with Crippen molar-refractivity contribution in [3.8, 4) is 22.4 Å². The molecule has 4 heteroatoms. The second kappa shape index (κ2) is 8.43. The predicted octanol–water partition coefficient (Wildman–Crippen LogP) is 7.79. The monoisotopic (exact) mass is 433 g/mol. The number of pyridine rings is 3. The van der Waals surface area contributed by atoms with Crippen LogP contribution in [-0.4, -0.2) is 15.0 Å². The maximum atomic E-state index is 6.33. The zero-order valence-electron chi connectivity index (χ0n) is 18.9. The summed E-state index contributed by atoms with van der Waals surface area (Å²) >= 11 is 0. The minimum atomic E-state index is 0.529. The van der Waals surface area contributed by atoms with Crippen molar-refractivity contribution in [1.29, 1.82) is 0 Å². The van der Waals surface area contributed by atoms with E-state index in [1.807, 2.05) is 36.9 Å². The summed E-state index contributed by atoms with van der Waals surface area (Å²) in [7, 11) is 0. The molecule has 0 radical (unpaired) electrons. The Balaban J connectivity index is 1.48. The Kier molecular flexibility index (Phi) is 5.14. The first-order chi connectivity index (χ1) is 16.3. The fourth-order valence-electron chi connectivity index (χ4n) is 5.44. The van der Waals surface area contributed by atoms with E-state index >= 15 is 0 Å². The maximum absolute atomic E-state index is 6.33. The number of hydrogen-bond acceptors (Lipinski definition) is 4. The van der Waals surface area contributed by atoms with Crippen LogP contribution in [0.15, 0.2) is 77.7 Å². The Labute approximate surface area is 193 Å². The zero-order valence-corrected chi connectivity index (χ0v) is 18.9. The van der Waals surface area contributed by atoms with Crippen molar-refractivity contribution < 1.29 is 4.42 Å². The molecule has 33 heavy (non-hydrogen) atoms. The van der Waals surface area contributed by atoms with Crippen LogP contribution in [0.5, 0.6) is 0 Å². The van der Waals surface area contributed by atoms with Gasteiger partial charge in [-0.25, -0.2) is 4.98 Å². The van der Waals surface area contributed by atoms with Gasteiger partial charge in [0.15, 0.2) is 0 Å². The lowest BCUT2D eigenvalue weighted by molar-refractivity contribution is 0.316. The average Bonchev–Trinajstić information content (AvgIpc) is 3.28. The van der Waals surface area contributed by atoms with Gasteiger partial charge in [-0.2, -0.15) is 0 Å². The van der Waals surface area contributed by atoms with E-state index in [-0.39, 0.29) is 0 Å². The summed E-state index contributed by atoms with van der Waals surface area (Å²) in [5.41, 5.74) is 6.85. The fourth-order valence-corrected chi connectivity index (χ4v) is 5.44. The highest BCUT2D eigenvalue weighted by atomic mass is 16.3. The van der Waals surface area contributed by atoms with Gasteiger partial charge >= 0.3 is 0 Å². The Hall–Kier alpha value is -3.53. The van der Waals surface area contributed by atoms with Crippen molar-refractivity contribution in [2.45, 2.75) is 44.9 Å². The van der Waals surface area contributed by atoms with Crippen LogP contribution in [0.2, 0.25) is 0 Å². The van der Waals surface area contributed by atoms with E-state index in [2.05, 4.69) is 53.3 Å². The van der Waals surface area contributed by atoms with Gasteiger partial charge in [0.2, 0.25) is 5.71 Å². The van der Waals surface area contributed by atoms with E-state index in [4.69, 9.17) is 9.40 Å². The average molecular weight is 434 g/mol. The molecule has 164 valence electrons. The second-order valence-electron chi connectivity index (χ2n) is 9.23. The number of nitrogens with zero attached hydrogens (tertiary/aromatic N) is 3. The second-order valence-corrected chi connectivity index (χ2v) is 9.23. The minimum Gasteiger partial charge on any atom is -0.437 e. The molecule has 0 N–H and O–H groups in total. The van der Waals surface area contributed by atoms with Gasteiger partial charge in [-0.1, -0.05) is 56.5 Å². The van der Waals surface area contributed by atoms with Gasteiger partial charge in [0, 0.05) is 30.2 Å². The van der Waals surface area contributed by atoms with Gasteiger partial charge in [0.25, 0.3) is 0 Å². The Morgan fingerprint density at radius 3 is 2.55 bits per heavy atom. The Morgan fingerprint density at radius 1 is 0.879 bits per heavy atom. The summed E-state index contributed by atoms with van der Waals surface area (Å²) in [6.07, 6.45) is 14.2. The normalized spacial score (nSPS) is 15.8. The quantitative estimate of drug-likeness (QED) is 0.290. The van der Waals surface area contributed by atoms with Crippen LogP contribution in [0.1, 0.15) is 50.5 Å². The van der Waals surface area contributed by atoms with Crippen LogP contribution in [0.4, 0.5) is 0 Å². The van der Waals surface area contributed by atoms with Crippen LogP contribution in [0.3, 0.4) is 0 Å². The van der Waals surface area contributed by atoms with Crippen LogP contribution in [0.25, 0.3) is 44.5 Å². The third kappa shape index (κ3) is 3.60. The number of benzene rings is 1. The lowest BCUT2D eigenvalue weighted by atomic mass is 9.78. The molecule has 1 aromatic carbocycles. The van der Waals surface area contributed by atoms with E-state index in [1.54, 1.807) is 0 Å². The molecule has 1 aliphatic carbocycles. The summed E-state index contributed by atoms with van der Waals surface area (Å²) in [6.45, 7) is 2.37. The van der Waals surface area contributed by atoms with Gasteiger partial charge in [-0.05, 0) is 59.6 Å². The third-order valence-electron chi connectivity index (χ3n) is 7.31. The highest BCUT2D eigenvalue weighted by molar-refractivity contribution is 6.13. The molecule has 1 aliphatic rings. The SMILES string of the molecule is CC(c1ccnc(-c2cncc3c2oc2nccc(-c4ccccc4)c23)c1)C1CCCCC1. The molecule has 0 saturated heterocycles. The molecule has 5 aromatic rings. The summed E-state index contributed by atoms with van der Waals surface area (Å²) in [4.78, 5) is 13.8. The summed E-state index contributed by atoms with van der Waals surface area (Å²) in [5.74, 6) is 1.29. The smallest absolute Gasteiger partial charge is 0.227 e. The number of fused-ring (bicyclic) bond motifs is 3. The lowest BCUT2D eigenvalue weighted by Gasteiger charge is -2.28. The van der Waals surface area contributed by atoms with Crippen LogP contribution >= 0.6 is 0 Å². The Morgan fingerprint density at radius 2 is 1.70 bits per heavy atom. The van der Waals surface area contributed by atoms with Crippen molar-refractivity contribution in [1.82, 2.24) is 15.0 Å². The number of aromatic nitrogens is 3. The molecule has 0 bridgehead atoms. The van der Waals surface area contributed by atoms with Crippen molar-refractivity contribution in [3.05, 3.63) is 78.9 Å². The fraction of sp³-hybridized carbons (Fsp3) is 0.276. The zero-order chi connectivity index (χ0) is 22.2. The Bertz CT molecular complexity index is 1420. The van der Waals surface area contributed by atoms with E-state index in [0.29, 0.717) is 11.6 Å². The van der Waals surface area contributed by atoms with Gasteiger partial charge in [0.05, 0.1) is 16.6 Å². The predicted molar refractivity (Wildman–Crippen MR) is 133 cm³/mol. The van der Waals surface area contributed by atoms with Gasteiger partial charge in [0.1, 0.15) is 5.58 Å². The van der Waals surface area contributed by atoms with E-state index < -0.39 is 0 Å². The molecule has 0 amide bonds. The van der Waals surface area contributed by atoms with Crippen LogP contribution < -0.4 is 0 Å². The molecule has 1 unspecified atom stereocenters. The molecular formula is C29H27N3O. The largest absolute Gasteiger partial charge is 0.437 e. The van der Waals surface area contributed by atoms with Crippen molar-refractivity contribution in [2.75, 3.05) is 0 Å². The summed E-state index contributed by atoms with van der Waals surface area (Å²) in [5, 5.41) is 1.97. The van der Waals surface area contributed by atoms with Gasteiger partial charge < -0.3 is 4.42 Å². The standard InChI is InChI=1S/C29H27N3O/c1-19(20-8-4-2-5-9-20)22-12-14-31-26(16-22)24-17-30-18-25-27-23(21-10-6-3-7-11-21)13-15-32-29(27)33-28(24)25/h3,6-7,10-20H,2,4-5,8-9H2,1H3. The van der Waals surface area contributed by atoms with Crippen LogP contribution in [-0.2, 0) is 0 Å². The van der Waals surface area contributed by atoms with E-state index in [0.717, 1.165) is 44.7 Å². The maximum Gasteiger partial charge on any atom is 0.227 e. The first-order valence-corrected chi connectivity index (χ1v) is 12.0. The number of rotatable bonds is 4. The highest BCUT2D eigenvalue weighted by Crippen LogP contribution is 2.40. The van der Waals surface area contributed by atoms with E-state index in [1.165, 1.54) is 37.7 Å². The molecule has 6 rings (SSSR count). The molecule has 4 nitrogen and oxygen atoms in total. The number of furan rings is 1. The van der Waals surface area contributed by atoms with E-state index in [9.17, 15) is 0 Å². The van der Waals surface area contributed by atoms with Crippen molar-refractivity contribution in [2.24, 2.45) is 5.92 Å². The number of hydrogen-bond donors (Lipinski definition) is 0. The molecule has 0 spiro atoms. The first-order valence-electron chi connectivity index (χ1n) is 12.0. The lowest BCUT2D eigenvalue weighted by Crippen LogP contribution is -2.14.